The third-order valence-electron chi connectivity index (χ3n) is 5.14. The van der Waals surface area contributed by atoms with E-state index in [9.17, 15) is 9.59 Å². The number of nitrogens with one attached hydrogen (secondary N) is 1. The zero-order valence-electron chi connectivity index (χ0n) is 19.3. The monoisotopic (exact) mass is 509 g/mol. The molecule has 1 aromatic carbocycles. The second-order valence-electron chi connectivity index (χ2n) is 7.20. The maximum Gasteiger partial charge on any atom is 0.341 e. The molecule has 11 heteroatoms. The number of anilines is 1. The molecule has 180 valence electrons. The Kier molecular flexibility index (Phi) is 7.78. The van der Waals surface area contributed by atoms with Gasteiger partial charge in [0.15, 0.2) is 11.0 Å². The maximum absolute atomic E-state index is 12.8. The van der Waals surface area contributed by atoms with Crippen LogP contribution in [0.15, 0.2) is 59.3 Å². The lowest BCUT2D eigenvalue weighted by atomic mass is 10.0. The fourth-order valence-corrected chi connectivity index (χ4v) is 5.20. The Bertz CT molecular complexity index is 1320. The van der Waals surface area contributed by atoms with Crippen molar-refractivity contribution in [2.45, 2.75) is 18.6 Å². The van der Waals surface area contributed by atoms with E-state index in [1.807, 2.05) is 53.3 Å². The maximum atomic E-state index is 12.8. The van der Waals surface area contributed by atoms with E-state index in [-0.39, 0.29) is 11.7 Å². The number of carbonyl (C=O) groups is 2. The summed E-state index contributed by atoms with van der Waals surface area (Å²) in [7, 11) is 2.91. The average Bonchev–Trinajstić information content (AvgIpc) is 3.51. The number of aromatic nitrogens is 4. The van der Waals surface area contributed by atoms with Gasteiger partial charge in [-0.3, -0.25) is 9.78 Å². The van der Waals surface area contributed by atoms with Crippen LogP contribution in [0.1, 0.15) is 17.3 Å². The van der Waals surface area contributed by atoms with Crippen LogP contribution in [0.5, 0.6) is 5.75 Å². The van der Waals surface area contributed by atoms with E-state index in [1.165, 1.54) is 30.2 Å². The van der Waals surface area contributed by atoms with Crippen molar-refractivity contribution in [2.24, 2.45) is 0 Å². The minimum Gasteiger partial charge on any atom is -0.497 e. The van der Waals surface area contributed by atoms with E-state index in [1.54, 1.807) is 19.5 Å². The Morgan fingerprint density at radius 3 is 2.46 bits per heavy atom. The molecule has 0 fully saturated rings. The first kappa shape index (κ1) is 24.4. The van der Waals surface area contributed by atoms with Crippen LogP contribution in [0.25, 0.3) is 22.5 Å². The van der Waals surface area contributed by atoms with Crippen LogP contribution in [0.2, 0.25) is 0 Å². The molecule has 3 heterocycles. The Hall–Kier alpha value is -3.70. The number of pyridine rings is 1. The van der Waals surface area contributed by atoms with Gasteiger partial charge in [-0.1, -0.05) is 23.9 Å². The van der Waals surface area contributed by atoms with Crippen molar-refractivity contribution in [2.75, 3.05) is 25.3 Å². The van der Waals surface area contributed by atoms with Gasteiger partial charge in [-0.2, -0.15) is 0 Å². The van der Waals surface area contributed by atoms with Crippen molar-refractivity contribution in [3.05, 3.63) is 59.7 Å². The van der Waals surface area contributed by atoms with Gasteiger partial charge in [0.25, 0.3) is 0 Å². The standard InChI is InChI=1S/C24H23N5O4S2/c1-4-29-21(16-9-11-25-12-10-16)27-28-24(29)35-14-19(30)26-22-20(23(31)33-3)18(13-34-22)15-5-7-17(32-2)8-6-15/h5-13H,4,14H2,1-3H3,(H,26,30). The van der Waals surface area contributed by atoms with Crippen LogP contribution in [0.4, 0.5) is 5.00 Å². The SMILES string of the molecule is CCn1c(SCC(=O)Nc2scc(-c3ccc(OC)cc3)c2C(=O)OC)nnc1-c1ccncc1. The summed E-state index contributed by atoms with van der Waals surface area (Å²) < 4.78 is 12.1. The first-order chi connectivity index (χ1) is 17.0. The highest BCUT2D eigenvalue weighted by atomic mass is 32.2. The molecule has 0 spiro atoms. The second-order valence-corrected chi connectivity index (χ2v) is 9.02. The first-order valence-electron chi connectivity index (χ1n) is 10.7. The number of ether oxygens (including phenoxy) is 2. The van der Waals surface area contributed by atoms with Crippen molar-refractivity contribution < 1.29 is 19.1 Å². The Labute approximate surface area is 210 Å². The molecular weight excluding hydrogens is 486 g/mol. The number of thiophene rings is 1. The summed E-state index contributed by atoms with van der Waals surface area (Å²) in [6.07, 6.45) is 3.40. The van der Waals surface area contributed by atoms with Crippen molar-refractivity contribution in [3.63, 3.8) is 0 Å². The summed E-state index contributed by atoms with van der Waals surface area (Å²) in [5, 5.41) is 14.3. The molecule has 0 aliphatic rings. The molecule has 0 saturated carbocycles. The van der Waals surface area contributed by atoms with E-state index in [0.717, 1.165) is 11.1 Å². The first-order valence-corrected chi connectivity index (χ1v) is 12.5. The summed E-state index contributed by atoms with van der Waals surface area (Å²) in [4.78, 5) is 29.4. The molecule has 0 saturated heterocycles. The summed E-state index contributed by atoms with van der Waals surface area (Å²) in [6, 6.07) is 11.1. The lowest BCUT2D eigenvalue weighted by Crippen LogP contribution is -2.16. The van der Waals surface area contributed by atoms with Gasteiger partial charge in [-0.15, -0.1) is 21.5 Å². The number of thioether (sulfide) groups is 1. The van der Waals surface area contributed by atoms with Crippen LogP contribution in [0.3, 0.4) is 0 Å². The van der Waals surface area contributed by atoms with E-state index < -0.39 is 5.97 Å². The highest BCUT2D eigenvalue weighted by Crippen LogP contribution is 2.37. The smallest absolute Gasteiger partial charge is 0.341 e. The van der Waals surface area contributed by atoms with Crippen molar-refractivity contribution in [1.29, 1.82) is 0 Å². The molecule has 4 rings (SSSR count). The van der Waals surface area contributed by atoms with Crippen molar-refractivity contribution >= 4 is 40.0 Å². The lowest BCUT2D eigenvalue weighted by Gasteiger charge is -2.09. The Morgan fingerprint density at radius 1 is 1.06 bits per heavy atom. The van der Waals surface area contributed by atoms with E-state index in [4.69, 9.17) is 9.47 Å². The van der Waals surface area contributed by atoms with E-state index in [0.29, 0.717) is 39.4 Å². The number of esters is 1. The number of carbonyl (C=O) groups excluding carboxylic acids is 2. The minimum atomic E-state index is -0.521. The summed E-state index contributed by atoms with van der Waals surface area (Å²) >= 11 is 2.55. The van der Waals surface area contributed by atoms with Crippen LogP contribution in [-0.4, -0.2) is 51.6 Å². The number of benzene rings is 1. The topological polar surface area (TPSA) is 108 Å². The lowest BCUT2D eigenvalue weighted by molar-refractivity contribution is -0.113. The van der Waals surface area contributed by atoms with Gasteiger partial charge < -0.3 is 19.4 Å². The second kappa shape index (κ2) is 11.2. The van der Waals surface area contributed by atoms with Crippen LogP contribution >= 0.6 is 23.1 Å². The molecule has 1 amide bonds. The molecule has 0 aliphatic carbocycles. The highest BCUT2D eigenvalue weighted by Gasteiger charge is 2.23. The molecule has 0 radical (unpaired) electrons. The van der Waals surface area contributed by atoms with E-state index in [2.05, 4.69) is 20.5 Å². The fourth-order valence-electron chi connectivity index (χ4n) is 3.43. The number of amides is 1. The van der Waals surface area contributed by atoms with Crippen LogP contribution < -0.4 is 10.1 Å². The number of rotatable bonds is 9. The van der Waals surface area contributed by atoms with Gasteiger partial charge in [0.1, 0.15) is 16.3 Å². The largest absolute Gasteiger partial charge is 0.497 e. The molecule has 0 atom stereocenters. The molecular formula is C24H23N5O4S2. The fraction of sp³-hybridized carbons (Fsp3) is 0.208. The molecule has 0 aliphatic heterocycles. The van der Waals surface area contributed by atoms with Gasteiger partial charge in [-0.05, 0) is 36.8 Å². The average molecular weight is 510 g/mol. The Morgan fingerprint density at radius 2 is 1.80 bits per heavy atom. The number of nitrogens with zero attached hydrogens (tertiary/aromatic N) is 4. The van der Waals surface area contributed by atoms with Crippen LogP contribution in [-0.2, 0) is 16.1 Å². The van der Waals surface area contributed by atoms with Crippen LogP contribution in [0, 0.1) is 0 Å². The highest BCUT2D eigenvalue weighted by molar-refractivity contribution is 7.99. The zero-order valence-corrected chi connectivity index (χ0v) is 21.0. The zero-order chi connectivity index (χ0) is 24.8. The summed E-state index contributed by atoms with van der Waals surface area (Å²) in [6.45, 7) is 2.64. The summed E-state index contributed by atoms with van der Waals surface area (Å²) in [5.41, 5.74) is 2.72. The van der Waals surface area contributed by atoms with E-state index >= 15 is 0 Å². The Balaban J connectivity index is 1.50. The third kappa shape index (κ3) is 5.36. The molecule has 35 heavy (non-hydrogen) atoms. The molecule has 4 aromatic rings. The molecule has 1 N–H and O–H groups in total. The number of methoxy groups -OCH3 is 2. The quantitative estimate of drug-likeness (QED) is 0.257. The molecule has 0 bridgehead atoms. The molecule has 0 unspecified atom stereocenters. The third-order valence-corrected chi connectivity index (χ3v) is 7.00. The van der Waals surface area contributed by atoms with Gasteiger partial charge >= 0.3 is 5.97 Å². The van der Waals surface area contributed by atoms with Crippen molar-refractivity contribution in [1.82, 2.24) is 19.7 Å². The predicted octanol–water partition coefficient (Wildman–Crippen LogP) is 4.61. The molecule has 9 nitrogen and oxygen atoms in total. The van der Waals surface area contributed by atoms with Gasteiger partial charge in [-0.25, -0.2) is 4.79 Å². The summed E-state index contributed by atoms with van der Waals surface area (Å²) in [5.74, 6) is 0.742. The number of hydrogen-bond acceptors (Lipinski definition) is 9. The van der Waals surface area contributed by atoms with Gasteiger partial charge in [0.05, 0.1) is 20.0 Å². The minimum absolute atomic E-state index is 0.102. The number of hydrogen-bond donors (Lipinski definition) is 1. The normalized spacial score (nSPS) is 10.7. The predicted molar refractivity (Wildman–Crippen MR) is 136 cm³/mol. The van der Waals surface area contributed by atoms with Gasteiger partial charge in [0, 0.05) is 35.4 Å². The van der Waals surface area contributed by atoms with Gasteiger partial charge in [0.2, 0.25) is 5.91 Å². The van der Waals surface area contributed by atoms with Crippen molar-refractivity contribution in [3.8, 4) is 28.3 Å². The molecule has 3 aromatic heterocycles.